The predicted molar refractivity (Wildman–Crippen MR) is 71.3 cm³/mol. The Balaban J connectivity index is 2.01. The molecule has 2 rings (SSSR count). The van der Waals surface area contributed by atoms with E-state index >= 15 is 0 Å². The largest absolute Gasteiger partial charge is 0.330 e. The highest BCUT2D eigenvalue weighted by atomic mass is 32.1. The maximum absolute atomic E-state index is 5.48. The molecular formula is C13H17N3S. The molecule has 3 nitrogen and oxygen atoms in total. The first-order valence-corrected chi connectivity index (χ1v) is 6.66. The number of rotatable bonds is 5. The van der Waals surface area contributed by atoms with Gasteiger partial charge in [0, 0.05) is 12.8 Å². The molecule has 0 saturated heterocycles. The first-order valence-electron chi connectivity index (χ1n) is 5.85. The fraction of sp³-hybridized carbons (Fsp3) is 0.385. The van der Waals surface area contributed by atoms with E-state index in [1.165, 1.54) is 11.1 Å². The van der Waals surface area contributed by atoms with Crippen LogP contribution in [0.15, 0.2) is 24.3 Å². The summed E-state index contributed by atoms with van der Waals surface area (Å²) in [6.45, 7) is 2.82. The Kier molecular flexibility index (Phi) is 4.23. The van der Waals surface area contributed by atoms with Crippen molar-refractivity contribution in [2.45, 2.75) is 26.2 Å². The third-order valence-corrected chi connectivity index (χ3v) is 3.52. The van der Waals surface area contributed by atoms with E-state index in [9.17, 15) is 0 Å². The van der Waals surface area contributed by atoms with Crippen molar-refractivity contribution < 1.29 is 0 Å². The average molecular weight is 247 g/mol. The van der Waals surface area contributed by atoms with Crippen molar-refractivity contribution in [1.29, 1.82) is 0 Å². The van der Waals surface area contributed by atoms with Crippen molar-refractivity contribution in [3.8, 4) is 0 Å². The van der Waals surface area contributed by atoms with Crippen molar-refractivity contribution in [3.05, 3.63) is 45.4 Å². The number of aromatic nitrogens is 2. The summed E-state index contributed by atoms with van der Waals surface area (Å²) in [5, 5.41) is 10.6. The zero-order valence-electron chi connectivity index (χ0n) is 10.0. The maximum atomic E-state index is 5.48. The molecule has 0 aliphatic carbocycles. The van der Waals surface area contributed by atoms with E-state index in [1.54, 1.807) is 11.3 Å². The SMILES string of the molecule is Cc1cccc(Cc2nnc(CCCN)s2)c1. The zero-order valence-corrected chi connectivity index (χ0v) is 10.8. The number of nitrogens with two attached hydrogens (primary N) is 1. The number of hydrogen-bond donors (Lipinski definition) is 1. The Morgan fingerprint density at radius 1 is 1.24 bits per heavy atom. The minimum atomic E-state index is 0.715. The summed E-state index contributed by atoms with van der Waals surface area (Å²) in [5.74, 6) is 0. The van der Waals surface area contributed by atoms with Gasteiger partial charge in [0.2, 0.25) is 0 Å². The van der Waals surface area contributed by atoms with Crippen LogP contribution in [0, 0.1) is 6.92 Å². The van der Waals surface area contributed by atoms with Gasteiger partial charge in [-0.25, -0.2) is 0 Å². The molecule has 17 heavy (non-hydrogen) atoms. The van der Waals surface area contributed by atoms with Crippen molar-refractivity contribution in [1.82, 2.24) is 10.2 Å². The lowest BCUT2D eigenvalue weighted by Gasteiger charge is -1.98. The highest BCUT2D eigenvalue weighted by Crippen LogP contribution is 2.16. The normalized spacial score (nSPS) is 10.7. The topological polar surface area (TPSA) is 51.8 Å². The van der Waals surface area contributed by atoms with E-state index in [0.29, 0.717) is 6.54 Å². The molecular weight excluding hydrogens is 230 g/mol. The monoisotopic (exact) mass is 247 g/mol. The van der Waals surface area contributed by atoms with Gasteiger partial charge >= 0.3 is 0 Å². The predicted octanol–water partition coefficient (Wildman–Crippen LogP) is 2.33. The van der Waals surface area contributed by atoms with Crippen molar-refractivity contribution in [2.75, 3.05) is 6.54 Å². The molecule has 0 aliphatic rings. The Hall–Kier alpha value is -1.26. The second-order valence-corrected chi connectivity index (χ2v) is 5.29. The molecule has 4 heteroatoms. The quantitative estimate of drug-likeness (QED) is 0.882. The molecule has 0 radical (unpaired) electrons. The number of benzene rings is 1. The summed E-state index contributed by atoms with van der Waals surface area (Å²) in [7, 11) is 0. The Bertz CT molecular complexity index is 479. The molecule has 2 aromatic rings. The van der Waals surface area contributed by atoms with Crippen LogP contribution in [0.3, 0.4) is 0 Å². The van der Waals surface area contributed by atoms with Crippen LogP contribution in [-0.2, 0) is 12.8 Å². The zero-order chi connectivity index (χ0) is 12.1. The van der Waals surface area contributed by atoms with Crippen LogP contribution in [0.25, 0.3) is 0 Å². The molecule has 2 N–H and O–H groups in total. The van der Waals surface area contributed by atoms with E-state index in [-0.39, 0.29) is 0 Å². The second kappa shape index (κ2) is 5.89. The molecule has 0 saturated carbocycles. The highest BCUT2D eigenvalue weighted by molar-refractivity contribution is 7.11. The van der Waals surface area contributed by atoms with Gasteiger partial charge in [0.25, 0.3) is 0 Å². The molecule has 0 spiro atoms. The Morgan fingerprint density at radius 3 is 2.82 bits per heavy atom. The Morgan fingerprint density at radius 2 is 2.06 bits per heavy atom. The van der Waals surface area contributed by atoms with Crippen molar-refractivity contribution in [2.24, 2.45) is 5.73 Å². The summed E-state index contributed by atoms with van der Waals surface area (Å²) in [6.07, 6.45) is 2.81. The number of hydrogen-bond acceptors (Lipinski definition) is 4. The van der Waals surface area contributed by atoms with E-state index < -0.39 is 0 Å². The van der Waals surface area contributed by atoms with Crippen LogP contribution >= 0.6 is 11.3 Å². The van der Waals surface area contributed by atoms with Gasteiger partial charge in [0.15, 0.2) is 0 Å². The standard InChI is InChI=1S/C13H17N3S/c1-10-4-2-5-11(8-10)9-13-16-15-12(17-13)6-3-7-14/h2,4-5,8H,3,6-7,9,14H2,1H3. The molecule has 0 atom stereocenters. The van der Waals surface area contributed by atoms with Crippen LogP contribution < -0.4 is 5.73 Å². The van der Waals surface area contributed by atoms with Gasteiger partial charge < -0.3 is 5.73 Å². The van der Waals surface area contributed by atoms with Crippen molar-refractivity contribution in [3.63, 3.8) is 0 Å². The number of nitrogens with zero attached hydrogens (tertiary/aromatic N) is 2. The lowest BCUT2D eigenvalue weighted by Crippen LogP contribution is -1.99. The third kappa shape index (κ3) is 3.61. The third-order valence-electron chi connectivity index (χ3n) is 2.54. The van der Waals surface area contributed by atoms with Gasteiger partial charge in [-0.3, -0.25) is 0 Å². The van der Waals surface area contributed by atoms with E-state index in [0.717, 1.165) is 29.3 Å². The molecule has 0 aliphatic heterocycles. The van der Waals surface area contributed by atoms with Crippen molar-refractivity contribution >= 4 is 11.3 Å². The van der Waals surface area contributed by atoms with Gasteiger partial charge in [0.05, 0.1) is 0 Å². The summed E-state index contributed by atoms with van der Waals surface area (Å²) in [5.41, 5.74) is 8.06. The molecule has 0 bridgehead atoms. The molecule has 0 unspecified atom stereocenters. The van der Waals surface area contributed by atoms with Gasteiger partial charge in [-0.05, 0) is 25.5 Å². The van der Waals surface area contributed by atoms with Gasteiger partial charge in [-0.2, -0.15) is 0 Å². The Labute approximate surface area is 106 Å². The number of aryl methyl sites for hydroxylation is 2. The minimum absolute atomic E-state index is 0.715. The fourth-order valence-corrected chi connectivity index (χ4v) is 2.63. The first kappa shape index (κ1) is 12.2. The lowest BCUT2D eigenvalue weighted by atomic mass is 10.1. The summed E-state index contributed by atoms with van der Waals surface area (Å²) in [4.78, 5) is 0. The summed E-state index contributed by atoms with van der Waals surface area (Å²) < 4.78 is 0. The van der Waals surface area contributed by atoms with Gasteiger partial charge in [-0.15, -0.1) is 21.5 Å². The van der Waals surface area contributed by atoms with E-state index in [2.05, 4.69) is 41.4 Å². The highest BCUT2D eigenvalue weighted by Gasteiger charge is 2.04. The van der Waals surface area contributed by atoms with Crippen LogP contribution in [0.1, 0.15) is 27.6 Å². The summed E-state index contributed by atoms with van der Waals surface area (Å²) >= 11 is 1.70. The molecule has 0 fully saturated rings. The smallest absolute Gasteiger partial charge is 0.121 e. The average Bonchev–Trinajstić information content (AvgIpc) is 2.74. The molecule has 1 heterocycles. The fourth-order valence-electron chi connectivity index (χ4n) is 1.71. The van der Waals surface area contributed by atoms with Crippen LogP contribution in [0.5, 0.6) is 0 Å². The molecule has 1 aromatic carbocycles. The molecule has 90 valence electrons. The van der Waals surface area contributed by atoms with E-state index in [4.69, 9.17) is 5.73 Å². The van der Waals surface area contributed by atoms with E-state index in [1.807, 2.05) is 0 Å². The second-order valence-electron chi connectivity index (χ2n) is 4.15. The molecule has 0 amide bonds. The van der Waals surface area contributed by atoms with Crippen LogP contribution in [-0.4, -0.2) is 16.7 Å². The lowest BCUT2D eigenvalue weighted by molar-refractivity contribution is 0.809. The van der Waals surface area contributed by atoms with Gasteiger partial charge in [-0.1, -0.05) is 29.8 Å². The first-order chi connectivity index (χ1) is 8.28. The maximum Gasteiger partial charge on any atom is 0.121 e. The van der Waals surface area contributed by atoms with Crippen LogP contribution in [0.2, 0.25) is 0 Å². The summed E-state index contributed by atoms with van der Waals surface area (Å²) in [6, 6.07) is 8.52. The van der Waals surface area contributed by atoms with Crippen LogP contribution in [0.4, 0.5) is 0 Å². The molecule has 1 aromatic heterocycles. The minimum Gasteiger partial charge on any atom is -0.330 e. The van der Waals surface area contributed by atoms with Gasteiger partial charge in [0.1, 0.15) is 10.0 Å².